The number of carbonyl (C=O) groups excluding carboxylic acids is 1. The first kappa shape index (κ1) is 21.7. The Bertz CT molecular complexity index is 532. The van der Waals surface area contributed by atoms with E-state index < -0.39 is 0 Å². The van der Waals surface area contributed by atoms with Gasteiger partial charge in [0.05, 0.1) is 18.6 Å². The molecule has 4 nitrogen and oxygen atoms in total. The van der Waals surface area contributed by atoms with Crippen molar-refractivity contribution in [1.29, 1.82) is 0 Å². The minimum atomic E-state index is -0.368. The number of benzene rings is 1. The average Bonchev–Trinajstić information content (AvgIpc) is 2.43. The Balaban J connectivity index is 0.00000484. The number of hydrogen-bond donors (Lipinski definition) is 2. The Labute approximate surface area is 146 Å². The molecule has 0 heterocycles. The van der Waals surface area contributed by atoms with Crippen LogP contribution < -0.4 is 15.8 Å². The van der Waals surface area contributed by atoms with E-state index in [0.29, 0.717) is 19.6 Å². The molecular formula is C18H31ClN2O2. The van der Waals surface area contributed by atoms with Crippen LogP contribution in [-0.2, 0) is 4.79 Å². The van der Waals surface area contributed by atoms with Gasteiger partial charge in [0.2, 0.25) is 5.91 Å². The lowest BCUT2D eigenvalue weighted by molar-refractivity contribution is -0.123. The molecule has 1 unspecified atom stereocenters. The third kappa shape index (κ3) is 6.04. The van der Waals surface area contributed by atoms with Crippen molar-refractivity contribution < 1.29 is 9.53 Å². The van der Waals surface area contributed by atoms with Gasteiger partial charge in [-0.05, 0) is 56.4 Å². The minimum absolute atomic E-state index is 0. The Morgan fingerprint density at radius 3 is 2.43 bits per heavy atom. The molecule has 1 aromatic rings. The SMILES string of the molecule is Cc1cc(C)c(C)c(OCCC(=O)NC(C)(CN)C(C)C)c1.Cl. The number of hydrogen-bond acceptors (Lipinski definition) is 3. The van der Waals surface area contributed by atoms with Crippen LogP contribution in [0.3, 0.4) is 0 Å². The van der Waals surface area contributed by atoms with Gasteiger partial charge in [-0.25, -0.2) is 0 Å². The normalized spacial score (nSPS) is 13.2. The van der Waals surface area contributed by atoms with Crippen molar-refractivity contribution in [3.63, 3.8) is 0 Å². The third-order valence-corrected chi connectivity index (χ3v) is 4.47. The van der Waals surface area contributed by atoms with E-state index in [1.807, 2.05) is 26.8 Å². The van der Waals surface area contributed by atoms with Gasteiger partial charge < -0.3 is 15.8 Å². The van der Waals surface area contributed by atoms with Crippen LogP contribution in [0.4, 0.5) is 0 Å². The summed E-state index contributed by atoms with van der Waals surface area (Å²) in [5.41, 5.74) is 8.91. The van der Waals surface area contributed by atoms with Gasteiger partial charge in [-0.1, -0.05) is 19.9 Å². The van der Waals surface area contributed by atoms with Gasteiger partial charge in [-0.2, -0.15) is 0 Å². The van der Waals surface area contributed by atoms with Crippen LogP contribution in [0.1, 0.15) is 43.9 Å². The van der Waals surface area contributed by atoms with Gasteiger partial charge in [0.15, 0.2) is 0 Å². The van der Waals surface area contributed by atoms with Crippen LogP contribution in [0.25, 0.3) is 0 Å². The molecule has 1 atom stereocenters. The molecule has 23 heavy (non-hydrogen) atoms. The second kappa shape index (κ2) is 9.14. The number of rotatable bonds is 7. The second-order valence-corrected chi connectivity index (χ2v) is 6.63. The number of ether oxygens (including phenoxy) is 1. The molecule has 0 spiro atoms. The topological polar surface area (TPSA) is 64.3 Å². The molecule has 0 bridgehead atoms. The summed E-state index contributed by atoms with van der Waals surface area (Å²) in [6.07, 6.45) is 0.328. The van der Waals surface area contributed by atoms with Gasteiger partial charge in [0, 0.05) is 6.54 Å². The molecule has 0 aromatic heterocycles. The summed E-state index contributed by atoms with van der Waals surface area (Å²) in [4.78, 5) is 12.1. The smallest absolute Gasteiger partial charge is 0.223 e. The van der Waals surface area contributed by atoms with Crippen LogP contribution in [0.2, 0.25) is 0 Å². The highest BCUT2D eigenvalue weighted by Gasteiger charge is 2.28. The van der Waals surface area contributed by atoms with Crippen LogP contribution in [0.15, 0.2) is 12.1 Å². The Morgan fingerprint density at radius 1 is 1.30 bits per heavy atom. The quantitative estimate of drug-likeness (QED) is 0.799. The number of nitrogens with one attached hydrogen (secondary N) is 1. The fraction of sp³-hybridized carbons (Fsp3) is 0.611. The van der Waals surface area contributed by atoms with Crippen LogP contribution >= 0.6 is 12.4 Å². The maximum atomic E-state index is 12.1. The average molecular weight is 343 g/mol. The third-order valence-electron chi connectivity index (χ3n) is 4.47. The lowest BCUT2D eigenvalue weighted by Crippen LogP contribution is -2.55. The van der Waals surface area contributed by atoms with Crippen molar-refractivity contribution in [3.8, 4) is 5.75 Å². The number of halogens is 1. The summed E-state index contributed by atoms with van der Waals surface area (Å²) in [5, 5.41) is 3.02. The zero-order valence-corrected chi connectivity index (χ0v) is 16.0. The molecule has 1 rings (SSSR count). The largest absolute Gasteiger partial charge is 0.493 e. The molecule has 5 heteroatoms. The monoisotopic (exact) mass is 342 g/mol. The van der Waals surface area contributed by atoms with Gasteiger partial charge in [-0.3, -0.25) is 4.79 Å². The standard InChI is InChI=1S/C18H30N2O2.ClH/c1-12(2)18(6,11-19)20-17(21)7-8-22-16-10-13(3)9-14(4)15(16)5;/h9-10,12H,7-8,11,19H2,1-6H3,(H,20,21);1H. The van der Waals surface area contributed by atoms with E-state index >= 15 is 0 Å². The number of nitrogens with two attached hydrogens (primary N) is 1. The second-order valence-electron chi connectivity index (χ2n) is 6.63. The molecular weight excluding hydrogens is 312 g/mol. The molecule has 3 N–H and O–H groups in total. The highest BCUT2D eigenvalue weighted by atomic mass is 35.5. The molecule has 0 aliphatic rings. The fourth-order valence-corrected chi connectivity index (χ4v) is 2.22. The zero-order valence-electron chi connectivity index (χ0n) is 15.2. The predicted octanol–water partition coefficient (Wildman–Crippen LogP) is 3.29. The van der Waals surface area contributed by atoms with Crippen molar-refractivity contribution >= 4 is 18.3 Å². The van der Waals surface area contributed by atoms with Gasteiger partial charge in [0.1, 0.15) is 5.75 Å². The fourth-order valence-electron chi connectivity index (χ4n) is 2.22. The number of amides is 1. The maximum absolute atomic E-state index is 12.1. The molecule has 0 saturated heterocycles. The Kier molecular flexibility index (Phi) is 8.64. The minimum Gasteiger partial charge on any atom is -0.493 e. The summed E-state index contributed by atoms with van der Waals surface area (Å²) >= 11 is 0. The predicted molar refractivity (Wildman–Crippen MR) is 98.5 cm³/mol. The first-order valence-electron chi connectivity index (χ1n) is 7.91. The highest BCUT2D eigenvalue weighted by molar-refractivity contribution is 5.85. The van der Waals surface area contributed by atoms with E-state index in [9.17, 15) is 4.79 Å². The van der Waals surface area contributed by atoms with E-state index in [2.05, 4.69) is 32.2 Å². The molecule has 0 saturated carbocycles. The summed E-state index contributed by atoms with van der Waals surface area (Å²) < 4.78 is 5.79. The maximum Gasteiger partial charge on any atom is 0.223 e. The van der Waals surface area contributed by atoms with Crippen molar-refractivity contribution in [2.75, 3.05) is 13.2 Å². The first-order chi connectivity index (χ1) is 10.2. The lowest BCUT2D eigenvalue weighted by atomic mass is 9.88. The summed E-state index contributed by atoms with van der Waals surface area (Å²) in [5.74, 6) is 1.11. The lowest BCUT2D eigenvalue weighted by Gasteiger charge is -2.33. The van der Waals surface area contributed by atoms with Crippen molar-refractivity contribution in [1.82, 2.24) is 5.32 Å². The molecule has 0 aliphatic carbocycles. The molecule has 0 aliphatic heterocycles. The van der Waals surface area contributed by atoms with E-state index in [0.717, 1.165) is 16.9 Å². The van der Waals surface area contributed by atoms with Crippen molar-refractivity contribution in [2.45, 2.75) is 53.5 Å². The summed E-state index contributed by atoms with van der Waals surface area (Å²) in [6, 6.07) is 4.14. The first-order valence-corrected chi connectivity index (χ1v) is 7.91. The number of aryl methyl sites for hydroxylation is 2. The van der Waals surface area contributed by atoms with E-state index in [1.54, 1.807) is 0 Å². The van der Waals surface area contributed by atoms with E-state index in [4.69, 9.17) is 10.5 Å². The highest BCUT2D eigenvalue weighted by Crippen LogP contribution is 2.23. The van der Waals surface area contributed by atoms with Gasteiger partial charge in [0.25, 0.3) is 0 Å². The molecule has 1 amide bonds. The Hall–Kier alpha value is -1.26. The van der Waals surface area contributed by atoms with Crippen LogP contribution in [-0.4, -0.2) is 24.6 Å². The van der Waals surface area contributed by atoms with Crippen LogP contribution in [0.5, 0.6) is 5.75 Å². The molecule has 132 valence electrons. The molecule has 0 radical (unpaired) electrons. The summed E-state index contributed by atoms with van der Waals surface area (Å²) in [6.45, 7) is 13.0. The van der Waals surface area contributed by atoms with Gasteiger partial charge >= 0.3 is 0 Å². The van der Waals surface area contributed by atoms with Gasteiger partial charge in [-0.15, -0.1) is 12.4 Å². The van der Waals surface area contributed by atoms with E-state index in [-0.39, 0.29) is 29.8 Å². The van der Waals surface area contributed by atoms with E-state index in [1.165, 1.54) is 5.56 Å². The Morgan fingerprint density at radius 2 is 1.91 bits per heavy atom. The zero-order chi connectivity index (χ0) is 16.9. The molecule has 0 fully saturated rings. The molecule has 1 aromatic carbocycles. The number of carbonyl (C=O) groups is 1. The van der Waals surface area contributed by atoms with Crippen molar-refractivity contribution in [3.05, 3.63) is 28.8 Å². The van der Waals surface area contributed by atoms with Crippen molar-refractivity contribution in [2.24, 2.45) is 11.7 Å². The van der Waals surface area contributed by atoms with Crippen LogP contribution in [0, 0.1) is 26.7 Å². The summed E-state index contributed by atoms with van der Waals surface area (Å²) in [7, 11) is 0.